The molecule has 220 valence electrons. The minimum atomic E-state index is -0.468. The van der Waals surface area contributed by atoms with Crippen molar-refractivity contribution >= 4 is 63.0 Å². The third-order valence-electron chi connectivity index (χ3n) is 5.03. The van der Waals surface area contributed by atoms with Crippen LogP contribution in [0.3, 0.4) is 0 Å². The van der Waals surface area contributed by atoms with Crippen molar-refractivity contribution in [2.24, 2.45) is 11.7 Å². The van der Waals surface area contributed by atoms with Gasteiger partial charge in [-0.2, -0.15) is 0 Å². The Hall–Kier alpha value is -2.39. The first-order chi connectivity index (χ1) is 18.7. The number of ether oxygens (including phenoxy) is 1. The topological polar surface area (TPSA) is 94.5 Å². The van der Waals surface area contributed by atoms with Gasteiger partial charge in [0, 0.05) is 23.5 Å². The molecule has 0 bridgehead atoms. The summed E-state index contributed by atoms with van der Waals surface area (Å²) in [6, 6.07) is 15.4. The molecule has 0 aliphatic carbocycles. The van der Waals surface area contributed by atoms with Crippen LogP contribution in [0.2, 0.25) is 10.0 Å². The van der Waals surface area contributed by atoms with Crippen molar-refractivity contribution in [2.75, 3.05) is 12.3 Å². The summed E-state index contributed by atoms with van der Waals surface area (Å²) in [6.45, 7) is 14.9. The molecule has 0 atom stereocenters. The fraction of sp³-hybridized carbons (Fsp3) is 0.433. The van der Waals surface area contributed by atoms with Crippen molar-refractivity contribution in [2.45, 2.75) is 73.5 Å². The van der Waals surface area contributed by atoms with E-state index in [1.807, 2.05) is 77.1 Å². The molecule has 0 aliphatic heterocycles. The van der Waals surface area contributed by atoms with Gasteiger partial charge in [-0.05, 0) is 63.0 Å². The molecule has 3 aromatic rings. The van der Waals surface area contributed by atoms with E-state index < -0.39 is 5.60 Å². The van der Waals surface area contributed by atoms with Crippen LogP contribution in [0.4, 0.5) is 5.13 Å². The molecule has 3 rings (SSSR count). The zero-order chi connectivity index (χ0) is 30.5. The second-order valence-corrected chi connectivity index (χ2v) is 12.5. The Bertz CT molecular complexity index is 1210. The first-order valence-corrected chi connectivity index (χ1v) is 15.2. The number of rotatable bonds is 8. The molecular weight excluding hydrogens is 583 g/mol. The number of benzene rings is 2. The molecule has 0 spiro atoms. The van der Waals surface area contributed by atoms with E-state index in [2.05, 4.69) is 18.8 Å². The van der Waals surface area contributed by atoms with Crippen molar-refractivity contribution in [3.05, 3.63) is 69.0 Å². The van der Waals surface area contributed by atoms with Crippen LogP contribution in [0.5, 0.6) is 0 Å². The summed E-state index contributed by atoms with van der Waals surface area (Å²) >= 11 is 18.5. The zero-order valence-corrected chi connectivity index (χ0v) is 27.6. The Morgan fingerprint density at radius 3 is 2.25 bits per heavy atom. The largest absolute Gasteiger partial charge is 0.460 e. The maximum atomic E-state index is 11.7. The highest BCUT2D eigenvalue weighted by molar-refractivity contribution is 7.80. The third kappa shape index (κ3) is 13.3. The SMILES string of the molecule is CC.CC(C)(C)OC(=O)CCN(Cc1ccccc1)C(N)=S.CC(C)Cc1sc(N)nc1-c1ccc(Cl)c(Cl)c1. The Morgan fingerprint density at radius 2 is 1.73 bits per heavy atom. The van der Waals surface area contributed by atoms with Crippen molar-refractivity contribution in [3.63, 3.8) is 0 Å². The minimum Gasteiger partial charge on any atom is -0.460 e. The van der Waals surface area contributed by atoms with Gasteiger partial charge in [0.15, 0.2) is 10.2 Å². The first-order valence-electron chi connectivity index (χ1n) is 13.3. The number of esters is 1. The molecule has 0 saturated carbocycles. The van der Waals surface area contributed by atoms with E-state index >= 15 is 0 Å². The maximum Gasteiger partial charge on any atom is 0.308 e. The number of carbonyl (C=O) groups is 1. The van der Waals surface area contributed by atoms with Gasteiger partial charge in [0.05, 0.1) is 22.2 Å². The lowest BCUT2D eigenvalue weighted by atomic mass is 10.0. The number of hydrogen-bond donors (Lipinski definition) is 2. The molecule has 0 amide bonds. The van der Waals surface area contributed by atoms with Crippen molar-refractivity contribution in [1.29, 1.82) is 0 Å². The van der Waals surface area contributed by atoms with Crippen LogP contribution in [-0.2, 0) is 22.5 Å². The van der Waals surface area contributed by atoms with Gasteiger partial charge in [0.25, 0.3) is 0 Å². The van der Waals surface area contributed by atoms with E-state index in [4.69, 9.17) is 51.6 Å². The molecule has 0 unspecified atom stereocenters. The molecule has 6 nitrogen and oxygen atoms in total. The molecule has 2 aromatic carbocycles. The summed E-state index contributed by atoms with van der Waals surface area (Å²) in [4.78, 5) is 19.1. The summed E-state index contributed by atoms with van der Waals surface area (Å²) in [5.41, 5.74) is 14.0. The lowest BCUT2D eigenvalue weighted by Gasteiger charge is -2.24. The normalized spacial score (nSPS) is 10.7. The van der Waals surface area contributed by atoms with Gasteiger partial charge in [-0.15, -0.1) is 11.3 Å². The number of hydrogen-bond acceptors (Lipinski definition) is 6. The minimum absolute atomic E-state index is 0.244. The van der Waals surface area contributed by atoms with E-state index in [1.54, 1.807) is 11.0 Å². The van der Waals surface area contributed by atoms with E-state index in [-0.39, 0.29) is 17.5 Å². The van der Waals surface area contributed by atoms with E-state index in [0.717, 1.165) is 23.2 Å². The lowest BCUT2D eigenvalue weighted by molar-refractivity contribution is -0.155. The Kier molecular flexibility index (Phi) is 15.5. The highest BCUT2D eigenvalue weighted by Crippen LogP contribution is 2.34. The predicted molar refractivity (Wildman–Crippen MR) is 176 cm³/mol. The highest BCUT2D eigenvalue weighted by Gasteiger charge is 2.18. The smallest absolute Gasteiger partial charge is 0.308 e. The molecule has 0 aliphatic rings. The lowest BCUT2D eigenvalue weighted by Crippen LogP contribution is -2.37. The number of thiazole rings is 1. The summed E-state index contributed by atoms with van der Waals surface area (Å²) in [5, 5.41) is 1.97. The van der Waals surface area contributed by atoms with Gasteiger partial charge >= 0.3 is 5.97 Å². The maximum absolute atomic E-state index is 11.7. The Labute approximate surface area is 259 Å². The van der Waals surface area contributed by atoms with Gasteiger partial charge in [0.1, 0.15) is 5.60 Å². The van der Waals surface area contributed by atoms with E-state index in [9.17, 15) is 4.79 Å². The number of nitrogens with zero attached hydrogens (tertiary/aromatic N) is 2. The average Bonchev–Trinajstić information content (AvgIpc) is 3.23. The quantitative estimate of drug-likeness (QED) is 0.192. The molecule has 40 heavy (non-hydrogen) atoms. The number of nitrogen functional groups attached to an aromatic ring is 1. The third-order valence-corrected chi connectivity index (χ3v) is 6.94. The number of nitrogens with two attached hydrogens (primary N) is 2. The van der Waals surface area contributed by atoms with E-state index in [1.165, 1.54) is 16.2 Å². The number of halogens is 2. The molecule has 10 heteroatoms. The molecule has 0 radical (unpaired) electrons. The second kappa shape index (κ2) is 17.4. The molecule has 0 saturated heterocycles. The predicted octanol–water partition coefficient (Wildman–Crippen LogP) is 8.39. The highest BCUT2D eigenvalue weighted by atomic mass is 35.5. The number of anilines is 1. The van der Waals surface area contributed by atoms with Crippen LogP contribution in [0, 0.1) is 5.92 Å². The summed E-state index contributed by atoms with van der Waals surface area (Å²) < 4.78 is 5.27. The monoisotopic (exact) mass is 624 g/mol. The zero-order valence-electron chi connectivity index (χ0n) is 24.5. The molecule has 0 fully saturated rings. The Balaban J connectivity index is 0.000000378. The molecular formula is C30H42Cl2N4O2S2. The fourth-order valence-corrected chi connectivity index (χ4v) is 4.96. The van der Waals surface area contributed by atoms with Crippen LogP contribution in [0.15, 0.2) is 48.5 Å². The molecule has 4 N–H and O–H groups in total. The van der Waals surface area contributed by atoms with Crippen LogP contribution in [-0.4, -0.2) is 33.1 Å². The fourth-order valence-electron chi connectivity index (χ4n) is 3.44. The second-order valence-electron chi connectivity index (χ2n) is 10.1. The summed E-state index contributed by atoms with van der Waals surface area (Å²) in [6.07, 6.45) is 1.23. The van der Waals surface area contributed by atoms with Gasteiger partial charge in [0.2, 0.25) is 0 Å². The van der Waals surface area contributed by atoms with Crippen LogP contribution >= 0.6 is 46.8 Å². The van der Waals surface area contributed by atoms with Crippen molar-refractivity contribution in [1.82, 2.24) is 9.88 Å². The van der Waals surface area contributed by atoms with Crippen LogP contribution in [0.1, 0.15) is 65.3 Å². The van der Waals surface area contributed by atoms with Gasteiger partial charge in [-0.25, -0.2) is 4.98 Å². The van der Waals surface area contributed by atoms with Crippen molar-refractivity contribution in [3.8, 4) is 11.3 Å². The average molecular weight is 626 g/mol. The van der Waals surface area contributed by atoms with Gasteiger partial charge in [-0.3, -0.25) is 4.79 Å². The summed E-state index contributed by atoms with van der Waals surface area (Å²) in [7, 11) is 0. The standard InChI is InChI=1S/C15H22N2O2S.C13H14Cl2N2S.C2H6/c1-15(2,3)19-13(18)9-10-17(14(16)20)11-12-7-5-4-6-8-12;1-7(2)5-11-12(17-13(16)18-11)8-3-4-9(14)10(15)6-8;1-2/h4-8H,9-11H2,1-3H3,(H2,16,20);3-4,6-7H,5H2,1-2H3,(H2,16,17);1-2H3. The number of thiocarbonyl (C=S) groups is 1. The number of aromatic nitrogens is 1. The van der Waals surface area contributed by atoms with Crippen LogP contribution < -0.4 is 11.5 Å². The van der Waals surface area contributed by atoms with Crippen LogP contribution in [0.25, 0.3) is 11.3 Å². The molecule has 1 aromatic heterocycles. The van der Waals surface area contributed by atoms with Gasteiger partial charge < -0.3 is 21.1 Å². The Morgan fingerprint density at radius 1 is 1.10 bits per heavy atom. The first kappa shape index (κ1) is 35.6. The summed E-state index contributed by atoms with van der Waals surface area (Å²) in [5.74, 6) is 0.318. The van der Waals surface area contributed by atoms with E-state index in [0.29, 0.717) is 34.2 Å². The van der Waals surface area contributed by atoms with Gasteiger partial charge in [-0.1, -0.05) is 87.3 Å². The number of carbonyl (C=O) groups excluding carboxylic acids is 1. The molecule has 1 heterocycles. The van der Waals surface area contributed by atoms with Crippen molar-refractivity contribution < 1.29 is 9.53 Å².